The van der Waals surface area contributed by atoms with Gasteiger partial charge in [0.25, 0.3) is 0 Å². The van der Waals surface area contributed by atoms with Crippen LogP contribution in [0.2, 0.25) is 0 Å². The van der Waals surface area contributed by atoms with Crippen LogP contribution in [0.1, 0.15) is 42.8 Å². The maximum absolute atomic E-state index is 5.40. The summed E-state index contributed by atoms with van der Waals surface area (Å²) in [6.45, 7) is 7.54. The third-order valence-corrected chi connectivity index (χ3v) is 6.11. The first-order valence-electron chi connectivity index (χ1n) is 10.0. The molecular formula is C22H30N4O. The third kappa shape index (κ3) is 3.74. The van der Waals surface area contributed by atoms with E-state index in [2.05, 4.69) is 51.6 Å². The molecule has 0 bridgehead atoms. The van der Waals surface area contributed by atoms with Crippen molar-refractivity contribution in [1.29, 1.82) is 0 Å². The normalized spacial score (nSPS) is 18.3. The van der Waals surface area contributed by atoms with Gasteiger partial charge in [-0.05, 0) is 63.4 Å². The predicted molar refractivity (Wildman–Crippen MR) is 109 cm³/mol. The molecule has 1 aromatic carbocycles. The zero-order valence-electron chi connectivity index (χ0n) is 16.7. The molecule has 0 amide bonds. The molecule has 1 fully saturated rings. The van der Waals surface area contributed by atoms with Crippen molar-refractivity contribution < 1.29 is 4.74 Å². The average Bonchev–Trinajstić information content (AvgIpc) is 3.24. The van der Waals surface area contributed by atoms with Crippen LogP contribution in [0.4, 0.5) is 0 Å². The van der Waals surface area contributed by atoms with Gasteiger partial charge in [-0.1, -0.05) is 6.42 Å². The Morgan fingerprint density at radius 3 is 2.93 bits per heavy atom. The summed E-state index contributed by atoms with van der Waals surface area (Å²) in [5.41, 5.74) is 3.88. The van der Waals surface area contributed by atoms with E-state index in [1.165, 1.54) is 54.4 Å². The Labute approximate surface area is 161 Å². The number of methoxy groups -OCH3 is 1. The van der Waals surface area contributed by atoms with Crippen molar-refractivity contribution in [2.24, 2.45) is 0 Å². The fourth-order valence-corrected chi connectivity index (χ4v) is 4.37. The number of nitrogens with one attached hydrogen (secondary N) is 1. The van der Waals surface area contributed by atoms with E-state index in [1.807, 2.05) is 12.3 Å². The Kier molecular flexibility index (Phi) is 5.21. The molecule has 0 unspecified atom stereocenters. The summed E-state index contributed by atoms with van der Waals surface area (Å²) in [6, 6.07) is 6.93. The van der Waals surface area contributed by atoms with E-state index in [0.717, 1.165) is 24.7 Å². The molecule has 0 spiro atoms. The molecule has 3 heterocycles. The lowest BCUT2D eigenvalue weighted by atomic mass is 9.98. The summed E-state index contributed by atoms with van der Waals surface area (Å²) in [6.07, 6.45) is 9.11. The summed E-state index contributed by atoms with van der Waals surface area (Å²) < 4.78 is 7.67. The van der Waals surface area contributed by atoms with Gasteiger partial charge in [-0.25, -0.2) is 4.98 Å². The molecule has 1 N–H and O–H groups in total. The van der Waals surface area contributed by atoms with Crippen LogP contribution >= 0.6 is 0 Å². The van der Waals surface area contributed by atoms with Gasteiger partial charge >= 0.3 is 0 Å². The number of piperidine rings is 1. The van der Waals surface area contributed by atoms with E-state index in [-0.39, 0.29) is 0 Å². The number of aryl methyl sites for hydroxylation is 3. The number of benzene rings is 1. The number of hydrogen-bond acceptors (Lipinski definition) is 3. The van der Waals surface area contributed by atoms with Crippen molar-refractivity contribution in [1.82, 2.24) is 19.4 Å². The van der Waals surface area contributed by atoms with E-state index >= 15 is 0 Å². The van der Waals surface area contributed by atoms with Gasteiger partial charge in [0.2, 0.25) is 0 Å². The molecule has 1 aliphatic heterocycles. The number of imidazole rings is 1. The van der Waals surface area contributed by atoms with Crippen LogP contribution in [0.25, 0.3) is 10.9 Å². The first kappa shape index (κ1) is 18.1. The topological polar surface area (TPSA) is 46.1 Å². The van der Waals surface area contributed by atoms with Crippen molar-refractivity contribution in [3.8, 4) is 5.75 Å². The van der Waals surface area contributed by atoms with Gasteiger partial charge in [-0.3, -0.25) is 4.90 Å². The summed E-state index contributed by atoms with van der Waals surface area (Å²) in [5.74, 6) is 2.03. The largest absolute Gasteiger partial charge is 0.497 e. The number of ether oxygens (including phenoxy) is 1. The molecule has 27 heavy (non-hydrogen) atoms. The highest BCUT2D eigenvalue weighted by atomic mass is 16.5. The molecule has 1 atom stereocenters. The Morgan fingerprint density at radius 1 is 1.26 bits per heavy atom. The molecule has 0 aliphatic carbocycles. The SMILES string of the molecule is COc1ccc2[nH]c(CN3CCCC[C@H]3CCn3ccnc3C)c(C)c2c1. The first-order valence-corrected chi connectivity index (χ1v) is 10.0. The summed E-state index contributed by atoms with van der Waals surface area (Å²) >= 11 is 0. The van der Waals surface area contributed by atoms with Crippen LogP contribution in [0, 0.1) is 13.8 Å². The minimum atomic E-state index is 0.640. The lowest BCUT2D eigenvalue weighted by Gasteiger charge is -2.36. The highest BCUT2D eigenvalue weighted by Gasteiger charge is 2.24. The standard InChI is InChI=1S/C22H30N4O/c1-16-20-14-19(27-3)7-8-21(20)24-22(16)15-26-11-5-4-6-18(26)9-12-25-13-10-23-17(25)2/h7-8,10,13-14,18,24H,4-6,9,11-12,15H2,1-3H3/t18-/m0/s1. The Balaban J connectivity index is 1.50. The second kappa shape index (κ2) is 7.77. The van der Waals surface area contributed by atoms with Gasteiger partial charge in [0.15, 0.2) is 0 Å². The second-order valence-corrected chi connectivity index (χ2v) is 7.72. The molecule has 1 saturated heterocycles. The average molecular weight is 367 g/mol. The zero-order chi connectivity index (χ0) is 18.8. The minimum Gasteiger partial charge on any atom is -0.497 e. The van der Waals surface area contributed by atoms with Gasteiger partial charge in [-0.2, -0.15) is 0 Å². The van der Waals surface area contributed by atoms with Crippen molar-refractivity contribution in [3.05, 3.63) is 47.7 Å². The van der Waals surface area contributed by atoms with E-state index in [1.54, 1.807) is 7.11 Å². The van der Waals surface area contributed by atoms with Gasteiger partial charge < -0.3 is 14.3 Å². The van der Waals surface area contributed by atoms with E-state index in [0.29, 0.717) is 6.04 Å². The number of likely N-dealkylation sites (tertiary alicyclic amines) is 1. The molecular weight excluding hydrogens is 336 g/mol. The Morgan fingerprint density at radius 2 is 2.15 bits per heavy atom. The highest BCUT2D eigenvalue weighted by Crippen LogP contribution is 2.29. The lowest BCUT2D eigenvalue weighted by molar-refractivity contribution is 0.126. The third-order valence-electron chi connectivity index (χ3n) is 6.11. The zero-order valence-corrected chi connectivity index (χ0v) is 16.7. The molecule has 0 saturated carbocycles. The molecule has 4 rings (SSSR count). The first-order chi connectivity index (χ1) is 13.2. The summed E-state index contributed by atoms with van der Waals surface area (Å²) in [5, 5.41) is 1.27. The van der Waals surface area contributed by atoms with Crippen LogP contribution in [-0.2, 0) is 13.1 Å². The maximum Gasteiger partial charge on any atom is 0.119 e. The maximum atomic E-state index is 5.40. The smallest absolute Gasteiger partial charge is 0.119 e. The molecule has 0 radical (unpaired) electrons. The molecule has 1 aliphatic rings. The fourth-order valence-electron chi connectivity index (χ4n) is 4.37. The summed E-state index contributed by atoms with van der Waals surface area (Å²) in [7, 11) is 1.73. The van der Waals surface area contributed by atoms with Crippen LogP contribution in [0.3, 0.4) is 0 Å². The van der Waals surface area contributed by atoms with Gasteiger partial charge in [0.05, 0.1) is 7.11 Å². The van der Waals surface area contributed by atoms with Crippen LogP contribution in [0.15, 0.2) is 30.6 Å². The van der Waals surface area contributed by atoms with Crippen molar-refractivity contribution in [3.63, 3.8) is 0 Å². The van der Waals surface area contributed by atoms with E-state index in [4.69, 9.17) is 4.74 Å². The quantitative estimate of drug-likeness (QED) is 0.702. The minimum absolute atomic E-state index is 0.640. The number of aromatic nitrogens is 3. The number of hydrogen-bond donors (Lipinski definition) is 1. The highest BCUT2D eigenvalue weighted by molar-refractivity contribution is 5.85. The van der Waals surface area contributed by atoms with E-state index < -0.39 is 0 Å². The van der Waals surface area contributed by atoms with Gasteiger partial charge in [-0.15, -0.1) is 0 Å². The van der Waals surface area contributed by atoms with Gasteiger partial charge in [0, 0.05) is 48.1 Å². The van der Waals surface area contributed by atoms with Crippen molar-refractivity contribution in [2.45, 2.75) is 58.7 Å². The molecule has 3 aromatic rings. The second-order valence-electron chi connectivity index (χ2n) is 7.72. The van der Waals surface area contributed by atoms with E-state index in [9.17, 15) is 0 Å². The fraction of sp³-hybridized carbons (Fsp3) is 0.500. The number of rotatable bonds is 6. The summed E-state index contributed by atoms with van der Waals surface area (Å²) in [4.78, 5) is 10.7. The van der Waals surface area contributed by atoms with Crippen molar-refractivity contribution >= 4 is 10.9 Å². The van der Waals surface area contributed by atoms with Crippen LogP contribution in [-0.4, -0.2) is 39.1 Å². The number of fused-ring (bicyclic) bond motifs is 1. The molecule has 144 valence electrons. The lowest BCUT2D eigenvalue weighted by Crippen LogP contribution is -2.39. The molecule has 2 aromatic heterocycles. The number of nitrogens with zero attached hydrogens (tertiary/aromatic N) is 3. The monoisotopic (exact) mass is 366 g/mol. The Bertz CT molecular complexity index is 910. The van der Waals surface area contributed by atoms with Crippen LogP contribution < -0.4 is 4.74 Å². The van der Waals surface area contributed by atoms with Crippen molar-refractivity contribution in [2.75, 3.05) is 13.7 Å². The molecule has 5 nitrogen and oxygen atoms in total. The van der Waals surface area contributed by atoms with Crippen LogP contribution in [0.5, 0.6) is 5.75 Å². The molecule has 5 heteroatoms. The predicted octanol–water partition coefficient (Wildman–Crippen LogP) is 4.43. The Hall–Kier alpha value is -2.27. The number of H-pyrrole nitrogens is 1. The number of aromatic amines is 1. The van der Waals surface area contributed by atoms with Gasteiger partial charge in [0.1, 0.15) is 11.6 Å².